The maximum Gasteiger partial charge on any atom is 0.239 e. The number of benzene rings is 2. The molecule has 8 nitrogen and oxygen atoms in total. The molecule has 1 aliphatic carbocycles. The zero-order chi connectivity index (χ0) is 24.5. The Kier molecular flexibility index (Phi) is 6.21. The third-order valence-corrected chi connectivity index (χ3v) is 6.81. The molecule has 1 aliphatic heterocycles. The van der Waals surface area contributed by atoms with E-state index in [9.17, 15) is 4.79 Å². The molecule has 1 aromatic heterocycles. The fourth-order valence-electron chi connectivity index (χ4n) is 5.27. The van der Waals surface area contributed by atoms with Crippen molar-refractivity contribution in [2.75, 3.05) is 46.8 Å². The van der Waals surface area contributed by atoms with Gasteiger partial charge in [-0.15, -0.1) is 0 Å². The van der Waals surface area contributed by atoms with Crippen molar-refractivity contribution >= 4 is 11.7 Å². The van der Waals surface area contributed by atoms with E-state index in [0.29, 0.717) is 28.8 Å². The topological polar surface area (TPSA) is 82.2 Å². The van der Waals surface area contributed by atoms with E-state index in [2.05, 4.69) is 21.3 Å². The number of fused-ring (bicyclic) bond motifs is 2. The number of hydrogen-bond acceptors (Lipinski definition) is 7. The van der Waals surface area contributed by atoms with Crippen molar-refractivity contribution in [3.63, 3.8) is 0 Å². The zero-order valence-electron chi connectivity index (χ0n) is 20.4. The molecule has 3 aromatic rings. The number of anilines is 1. The highest BCUT2D eigenvalue weighted by atomic mass is 16.5. The largest absolute Gasteiger partial charge is 0.493 e. The van der Waals surface area contributed by atoms with Crippen LogP contribution in [0.1, 0.15) is 22.7 Å². The number of carbonyl (C=O) groups is 1. The van der Waals surface area contributed by atoms with E-state index in [0.717, 1.165) is 36.1 Å². The summed E-state index contributed by atoms with van der Waals surface area (Å²) in [5, 5.41) is 2.91. The normalized spacial score (nSPS) is 16.1. The van der Waals surface area contributed by atoms with E-state index < -0.39 is 0 Å². The fraction of sp³-hybridized carbons (Fsp3) is 0.333. The van der Waals surface area contributed by atoms with Crippen molar-refractivity contribution in [3.05, 3.63) is 59.3 Å². The van der Waals surface area contributed by atoms with Crippen LogP contribution in [0.5, 0.6) is 23.0 Å². The Morgan fingerprint density at radius 1 is 1.00 bits per heavy atom. The van der Waals surface area contributed by atoms with Crippen molar-refractivity contribution in [3.8, 4) is 34.1 Å². The molecule has 0 saturated carbocycles. The lowest BCUT2D eigenvalue weighted by atomic mass is 9.76. The lowest BCUT2D eigenvalue weighted by Gasteiger charge is -2.42. The molecule has 0 bridgehead atoms. The second kappa shape index (κ2) is 9.46. The fourth-order valence-corrected chi connectivity index (χ4v) is 5.27. The molecule has 2 aliphatic rings. The number of carbonyl (C=O) groups excluding carboxylic acids is 1. The number of amides is 1. The first-order valence-corrected chi connectivity index (χ1v) is 11.6. The number of nitrogens with zero attached hydrogens (tertiary/aromatic N) is 2. The van der Waals surface area contributed by atoms with Gasteiger partial charge in [0, 0.05) is 24.3 Å². The molecule has 8 heteroatoms. The van der Waals surface area contributed by atoms with Crippen molar-refractivity contribution < 1.29 is 23.7 Å². The van der Waals surface area contributed by atoms with Crippen LogP contribution in [-0.4, -0.2) is 57.3 Å². The highest BCUT2D eigenvalue weighted by molar-refractivity contribution is 5.91. The van der Waals surface area contributed by atoms with Gasteiger partial charge in [-0.3, -0.25) is 9.69 Å². The van der Waals surface area contributed by atoms with E-state index in [1.165, 1.54) is 11.1 Å². The Morgan fingerprint density at radius 3 is 2.43 bits per heavy atom. The number of ether oxygens (including phenoxy) is 4. The van der Waals surface area contributed by atoms with Gasteiger partial charge in [0.15, 0.2) is 23.0 Å². The Bertz CT molecular complexity index is 1260. The summed E-state index contributed by atoms with van der Waals surface area (Å²) in [6.07, 6.45) is 3.21. The molecule has 182 valence electrons. The predicted octanol–water partition coefficient (Wildman–Crippen LogP) is 3.88. The molecule has 35 heavy (non-hydrogen) atoms. The van der Waals surface area contributed by atoms with Gasteiger partial charge in [-0.05, 0) is 65.4 Å². The van der Waals surface area contributed by atoms with Gasteiger partial charge in [-0.1, -0.05) is 6.07 Å². The van der Waals surface area contributed by atoms with Gasteiger partial charge in [-0.25, -0.2) is 4.98 Å². The Hall–Kier alpha value is -3.78. The lowest BCUT2D eigenvalue weighted by Crippen LogP contribution is -2.42. The van der Waals surface area contributed by atoms with Gasteiger partial charge in [0.2, 0.25) is 5.91 Å². The monoisotopic (exact) mass is 475 g/mol. The summed E-state index contributed by atoms with van der Waals surface area (Å²) < 4.78 is 22.8. The van der Waals surface area contributed by atoms with Crippen molar-refractivity contribution in [1.82, 2.24) is 9.88 Å². The van der Waals surface area contributed by atoms with Crippen LogP contribution in [0, 0.1) is 0 Å². The number of hydrogen-bond donors (Lipinski definition) is 1. The van der Waals surface area contributed by atoms with Gasteiger partial charge < -0.3 is 24.3 Å². The second-order valence-corrected chi connectivity index (χ2v) is 8.63. The minimum Gasteiger partial charge on any atom is -0.493 e. The molecule has 5 rings (SSSR count). The van der Waals surface area contributed by atoms with E-state index in [1.54, 1.807) is 40.7 Å². The molecule has 0 radical (unpaired) electrons. The quantitative estimate of drug-likeness (QED) is 0.555. The maximum absolute atomic E-state index is 12.9. The van der Waals surface area contributed by atoms with E-state index in [1.807, 2.05) is 24.3 Å². The molecule has 1 unspecified atom stereocenters. The third-order valence-electron chi connectivity index (χ3n) is 6.81. The third kappa shape index (κ3) is 4.04. The van der Waals surface area contributed by atoms with Gasteiger partial charge in [0.25, 0.3) is 0 Å². The van der Waals surface area contributed by atoms with Crippen LogP contribution in [-0.2, 0) is 17.6 Å². The van der Waals surface area contributed by atoms with Crippen LogP contribution in [0.25, 0.3) is 11.1 Å². The first-order valence-electron chi connectivity index (χ1n) is 11.6. The molecule has 1 atom stereocenters. The zero-order valence-corrected chi connectivity index (χ0v) is 20.4. The van der Waals surface area contributed by atoms with E-state index in [4.69, 9.17) is 18.9 Å². The Balaban J connectivity index is 1.59. The number of methoxy groups -OCH3 is 4. The summed E-state index contributed by atoms with van der Waals surface area (Å²) in [5.74, 6) is 3.17. The predicted molar refractivity (Wildman–Crippen MR) is 133 cm³/mol. The molecule has 1 amide bonds. The highest BCUT2D eigenvalue weighted by Crippen LogP contribution is 2.54. The summed E-state index contributed by atoms with van der Waals surface area (Å²) in [6.45, 7) is 1.02. The average Bonchev–Trinajstić information content (AvgIpc) is 2.89. The molecule has 0 spiro atoms. The standard InChI is InChI=1S/C27H29N3O5/c1-32-20-13-17-11-19-25-16(8-10-30(19)15-24(31)29-23-7-5-6-9-28-23)12-22(34-3)27(35-4)26(25)18(17)14-21(20)33-2/h5-7,9,12-14,19H,8,10-11,15H2,1-4H3,(H,28,29,31). The van der Waals surface area contributed by atoms with Crippen LogP contribution < -0.4 is 24.3 Å². The maximum atomic E-state index is 12.9. The minimum absolute atomic E-state index is 0.00800. The van der Waals surface area contributed by atoms with Crippen LogP contribution in [0.3, 0.4) is 0 Å². The van der Waals surface area contributed by atoms with Crippen LogP contribution in [0.4, 0.5) is 5.82 Å². The second-order valence-electron chi connectivity index (χ2n) is 8.63. The van der Waals surface area contributed by atoms with Crippen LogP contribution >= 0.6 is 0 Å². The number of pyridine rings is 1. The van der Waals surface area contributed by atoms with E-state index >= 15 is 0 Å². The lowest BCUT2D eigenvalue weighted by molar-refractivity contribution is -0.118. The van der Waals surface area contributed by atoms with Crippen LogP contribution in [0.15, 0.2) is 42.6 Å². The summed E-state index contributed by atoms with van der Waals surface area (Å²) >= 11 is 0. The van der Waals surface area contributed by atoms with Crippen LogP contribution in [0.2, 0.25) is 0 Å². The summed E-state index contributed by atoms with van der Waals surface area (Å²) in [5.41, 5.74) is 5.52. The number of rotatable bonds is 7. The van der Waals surface area contributed by atoms with Gasteiger partial charge in [-0.2, -0.15) is 0 Å². The molecule has 2 aromatic carbocycles. The number of aromatic nitrogens is 1. The summed E-state index contributed by atoms with van der Waals surface area (Å²) in [7, 11) is 6.59. The van der Waals surface area contributed by atoms with Crippen molar-refractivity contribution in [2.24, 2.45) is 0 Å². The van der Waals surface area contributed by atoms with Gasteiger partial charge >= 0.3 is 0 Å². The van der Waals surface area contributed by atoms with Gasteiger partial charge in [0.1, 0.15) is 5.82 Å². The molecular weight excluding hydrogens is 446 g/mol. The molecule has 1 N–H and O–H groups in total. The molecule has 0 fully saturated rings. The Labute approximate surface area is 204 Å². The van der Waals surface area contributed by atoms with Crippen molar-refractivity contribution in [2.45, 2.75) is 18.9 Å². The van der Waals surface area contributed by atoms with E-state index in [-0.39, 0.29) is 18.5 Å². The summed E-state index contributed by atoms with van der Waals surface area (Å²) in [4.78, 5) is 19.4. The smallest absolute Gasteiger partial charge is 0.239 e. The molecular formula is C27H29N3O5. The highest BCUT2D eigenvalue weighted by Gasteiger charge is 2.38. The minimum atomic E-state index is -0.0905. The number of nitrogens with one attached hydrogen (secondary N) is 1. The van der Waals surface area contributed by atoms with Crippen molar-refractivity contribution in [1.29, 1.82) is 0 Å². The SMILES string of the molecule is COc1cc2c(cc1OC)-c1c(OC)c(OC)cc3c1C(C2)N(CC(=O)Nc1ccccn1)CC3. The first-order chi connectivity index (χ1) is 17.1. The first kappa shape index (κ1) is 23.0. The molecule has 2 heterocycles. The summed E-state index contributed by atoms with van der Waals surface area (Å²) in [6, 6.07) is 11.6. The molecule has 0 saturated heterocycles. The van der Waals surface area contributed by atoms with Gasteiger partial charge in [0.05, 0.1) is 35.0 Å². The average molecular weight is 476 g/mol. The Morgan fingerprint density at radius 2 is 1.74 bits per heavy atom.